The summed E-state index contributed by atoms with van der Waals surface area (Å²) >= 11 is 0. The van der Waals surface area contributed by atoms with E-state index in [1.807, 2.05) is 12.1 Å². The molecule has 0 unspecified atom stereocenters. The van der Waals surface area contributed by atoms with Crippen LogP contribution in [0.25, 0.3) is 11.0 Å². The lowest BCUT2D eigenvalue weighted by molar-refractivity contribution is -0.138. The van der Waals surface area contributed by atoms with Crippen molar-refractivity contribution in [2.75, 3.05) is 26.3 Å². The van der Waals surface area contributed by atoms with Gasteiger partial charge in [-0.2, -0.15) is 0 Å². The summed E-state index contributed by atoms with van der Waals surface area (Å²) in [5.74, 6) is 1.86. The van der Waals surface area contributed by atoms with Crippen LogP contribution in [0, 0.1) is 11.8 Å². The summed E-state index contributed by atoms with van der Waals surface area (Å²) in [7, 11) is 0. The molecule has 2 aliphatic heterocycles. The van der Waals surface area contributed by atoms with Crippen LogP contribution in [-0.4, -0.2) is 58.5 Å². The van der Waals surface area contributed by atoms with Gasteiger partial charge in [0.15, 0.2) is 11.5 Å². The number of ether oxygens (including phenoxy) is 2. The topological polar surface area (TPSA) is 99.7 Å². The Kier molecular flexibility index (Phi) is 5.71. The number of alkyl halides is 1. The number of H-pyrrole nitrogens is 1. The minimum absolute atomic E-state index is 0.0515. The van der Waals surface area contributed by atoms with Crippen molar-refractivity contribution in [3.05, 3.63) is 18.0 Å². The number of aromatic amines is 1. The van der Waals surface area contributed by atoms with Gasteiger partial charge in [0, 0.05) is 25.1 Å². The number of fused-ring (bicyclic) bond motifs is 2. The van der Waals surface area contributed by atoms with Crippen molar-refractivity contribution >= 4 is 16.9 Å². The maximum Gasteiger partial charge on any atom is 0.227 e. The molecule has 0 spiro atoms. The summed E-state index contributed by atoms with van der Waals surface area (Å²) in [4.78, 5) is 22.9. The Labute approximate surface area is 180 Å². The van der Waals surface area contributed by atoms with Crippen LogP contribution >= 0.6 is 0 Å². The number of imidazole rings is 1. The number of nitrogens with one attached hydrogen (secondary N) is 2. The van der Waals surface area contributed by atoms with E-state index in [9.17, 15) is 14.4 Å². The largest absolute Gasteiger partial charge is 0.486 e. The third-order valence-corrected chi connectivity index (χ3v) is 6.79. The fourth-order valence-corrected chi connectivity index (χ4v) is 5.28. The van der Waals surface area contributed by atoms with Crippen molar-refractivity contribution in [1.82, 2.24) is 20.3 Å². The van der Waals surface area contributed by atoms with Crippen molar-refractivity contribution in [2.45, 2.75) is 50.7 Å². The van der Waals surface area contributed by atoms with Crippen molar-refractivity contribution in [3.8, 4) is 11.5 Å². The molecule has 8 nitrogen and oxygen atoms in total. The highest BCUT2D eigenvalue weighted by Gasteiger charge is 2.41. The van der Waals surface area contributed by atoms with E-state index in [4.69, 9.17) is 9.47 Å². The van der Waals surface area contributed by atoms with Crippen LogP contribution < -0.4 is 15.0 Å². The van der Waals surface area contributed by atoms with E-state index in [-0.39, 0.29) is 31.3 Å². The predicted octanol–water partition coefficient (Wildman–Crippen LogP) is 3.12. The Bertz CT molecular complexity index is 902. The zero-order valence-electron chi connectivity index (χ0n) is 17.5. The molecule has 9 heteroatoms. The van der Waals surface area contributed by atoms with E-state index >= 15 is 0 Å². The Balaban J connectivity index is 1.40. The number of carbonyl (C=O) groups is 1. The number of hydroxylamine groups is 1. The number of hydrogen-bond donors (Lipinski definition) is 3. The first-order valence-electron chi connectivity index (χ1n) is 11.2. The average molecular weight is 432 g/mol. The van der Waals surface area contributed by atoms with E-state index in [1.54, 1.807) is 4.90 Å². The second-order valence-electron chi connectivity index (χ2n) is 8.92. The number of likely N-dealkylation sites (tertiary alicyclic amines) is 1. The van der Waals surface area contributed by atoms with Gasteiger partial charge >= 0.3 is 0 Å². The number of benzene rings is 1. The number of aromatic nitrogens is 2. The van der Waals surface area contributed by atoms with Gasteiger partial charge < -0.3 is 24.6 Å². The molecule has 3 N–H and O–H groups in total. The Morgan fingerprint density at radius 2 is 2.03 bits per heavy atom. The minimum atomic E-state index is -1.10. The number of nitrogens with zero attached hydrogens (tertiary/aromatic N) is 2. The van der Waals surface area contributed by atoms with E-state index in [0.29, 0.717) is 48.4 Å². The Hall–Kier alpha value is -2.39. The van der Waals surface area contributed by atoms with Gasteiger partial charge in [-0.25, -0.2) is 14.9 Å². The standard InChI is InChI=1S/C22H29FN4O4/c23-15-8-18(21-25-16-9-19-20(10-17(16)26-21)31-6-5-30-19)27(12-15)22(28)14(11-24-29)7-13-3-1-2-4-13/h9-10,13-15,18,24,29H,1-8,11-12H2,(H,25,26)/t14-,15-,18+/m1/s1. The molecule has 0 radical (unpaired) electrons. The fourth-order valence-electron chi connectivity index (χ4n) is 5.28. The van der Waals surface area contributed by atoms with E-state index in [2.05, 4.69) is 15.4 Å². The molecule has 168 valence electrons. The number of amides is 1. The molecule has 1 saturated heterocycles. The number of hydrogen-bond acceptors (Lipinski definition) is 6. The summed E-state index contributed by atoms with van der Waals surface area (Å²) in [6.07, 6.45) is 4.43. The van der Waals surface area contributed by atoms with Gasteiger partial charge in [0.25, 0.3) is 0 Å². The van der Waals surface area contributed by atoms with E-state index < -0.39 is 12.2 Å². The molecule has 2 fully saturated rings. The van der Waals surface area contributed by atoms with Crippen molar-refractivity contribution in [2.24, 2.45) is 11.8 Å². The number of halogens is 1. The molecule has 1 aliphatic carbocycles. The molecule has 0 bridgehead atoms. The predicted molar refractivity (Wildman–Crippen MR) is 111 cm³/mol. The Morgan fingerprint density at radius 3 is 2.77 bits per heavy atom. The zero-order valence-corrected chi connectivity index (χ0v) is 17.5. The molecule has 1 amide bonds. The molecule has 3 atom stereocenters. The summed E-state index contributed by atoms with van der Waals surface area (Å²) < 4.78 is 25.8. The quantitative estimate of drug-likeness (QED) is 0.607. The van der Waals surface area contributed by atoms with Gasteiger partial charge in [0.2, 0.25) is 5.91 Å². The third-order valence-electron chi connectivity index (χ3n) is 6.79. The van der Waals surface area contributed by atoms with Crippen LogP contribution in [0.2, 0.25) is 0 Å². The lowest BCUT2D eigenvalue weighted by atomic mass is 9.92. The van der Waals surface area contributed by atoms with Crippen molar-refractivity contribution in [3.63, 3.8) is 0 Å². The van der Waals surface area contributed by atoms with Gasteiger partial charge in [-0.15, -0.1) is 0 Å². The lowest BCUT2D eigenvalue weighted by Crippen LogP contribution is -2.41. The van der Waals surface area contributed by atoms with Crippen molar-refractivity contribution in [1.29, 1.82) is 0 Å². The van der Waals surface area contributed by atoms with Crippen molar-refractivity contribution < 1.29 is 23.9 Å². The first-order chi connectivity index (χ1) is 15.1. The third kappa shape index (κ3) is 4.08. The van der Waals surface area contributed by atoms with Crippen LogP contribution in [0.3, 0.4) is 0 Å². The smallest absolute Gasteiger partial charge is 0.227 e. The zero-order chi connectivity index (χ0) is 21.4. The Morgan fingerprint density at radius 1 is 1.29 bits per heavy atom. The maximum atomic E-state index is 14.5. The average Bonchev–Trinajstić information content (AvgIpc) is 3.50. The van der Waals surface area contributed by atoms with Gasteiger partial charge in [-0.1, -0.05) is 25.7 Å². The van der Waals surface area contributed by atoms with Crippen LogP contribution in [0.15, 0.2) is 12.1 Å². The lowest BCUT2D eigenvalue weighted by Gasteiger charge is -2.28. The molecule has 1 aromatic carbocycles. The second-order valence-corrected chi connectivity index (χ2v) is 8.92. The first-order valence-corrected chi connectivity index (χ1v) is 11.2. The molecule has 3 aliphatic rings. The van der Waals surface area contributed by atoms with Gasteiger partial charge in [0.05, 0.1) is 29.5 Å². The SMILES string of the molecule is O=C([C@@H](CNO)CC1CCCC1)N1C[C@H](F)C[C@H]1c1nc2cc3c(cc2[nH]1)OCCO3. The molecule has 31 heavy (non-hydrogen) atoms. The van der Waals surface area contributed by atoms with Gasteiger partial charge in [-0.3, -0.25) is 4.79 Å². The molecular formula is C22H29FN4O4. The summed E-state index contributed by atoms with van der Waals surface area (Å²) in [6, 6.07) is 3.20. The van der Waals surface area contributed by atoms with E-state index in [1.165, 1.54) is 12.8 Å². The highest BCUT2D eigenvalue weighted by molar-refractivity contribution is 5.82. The fraction of sp³-hybridized carbons (Fsp3) is 0.636. The summed E-state index contributed by atoms with van der Waals surface area (Å²) in [6.45, 7) is 1.22. The highest BCUT2D eigenvalue weighted by Crippen LogP contribution is 2.39. The van der Waals surface area contributed by atoms with E-state index in [0.717, 1.165) is 18.4 Å². The van der Waals surface area contributed by atoms with Crippen LogP contribution in [0.1, 0.15) is 50.4 Å². The van der Waals surface area contributed by atoms with Gasteiger partial charge in [0.1, 0.15) is 25.2 Å². The normalized spacial score (nSPS) is 24.8. The minimum Gasteiger partial charge on any atom is -0.486 e. The number of carbonyl (C=O) groups excluding carboxylic acids is 1. The molecular weight excluding hydrogens is 403 g/mol. The molecule has 3 heterocycles. The maximum absolute atomic E-state index is 14.5. The molecule has 1 saturated carbocycles. The van der Waals surface area contributed by atoms with Crippen LogP contribution in [0.4, 0.5) is 4.39 Å². The highest BCUT2D eigenvalue weighted by atomic mass is 19.1. The van der Waals surface area contributed by atoms with Crippen LogP contribution in [-0.2, 0) is 4.79 Å². The summed E-state index contributed by atoms with van der Waals surface area (Å²) in [5.41, 5.74) is 3.65. The molecule has 1 aromatic heterocycles. The first kappa shape index (κ1) is 20.5. The second kappa shape index (κ2) is 8.63. The van der Waals surface area contributed by atoms with Crippen LogP contribution in [0.5, 0.6) is 11.5 Å². The molecule has 5 rings (SSSR count). The molecule has 2 aromatic rings. The number of rotatable bonds is 6. The summed E-state index contributed by atoms with van der Waals surface area (Å²) in [5, 5.41) is 9.30. The monoisotopic (exact) mass is 432 g/mol. The van der Waals surface area contributed by atoms with Gasteiger partial charge in [-0.05, 0) is 12.3 Å².